The number of hydrogen-bond donors (Lipinski definition) is 0. The molecule has 0 saturated carbocycles. The van der Waals surface area contributed by atoms with Gasteiger partial charge in [0, 0.05) is 37.7 Å². The lowest BCUT2D eigenvalue weighted by Crippen LogP contribution is -2.18. The van der Waals surface area contributed by atoms with E-state index in [0.717, 1.165) is 30.8 Å². The van der Waals surface area contributed by atoms with Gasteiger partial charge in [0.1, 0.15) is 5.82 Å². The molecule has 130 valence electrons. The van der Waals surface area contributed by atoms with E-state index >= 15 is 0 Å². The van der Waals surface area contributed by atoms with E-state index in [0.29, 0.717) is 29.6 Å². The Kier molecular flexibility index (Phi) is 4.13. The Morgan fingerprint density at radius 1 is 1.24 bits per heavy atom. The average Bonchev–Trinajstić information content (AvgIpc) is 3.30. The van der Waals surface area contributed by atoms with Crippen molar-refractivity contribution < 1.29 is 14.0 Å². The van der Waals surface area contributed by atoms with Crippen molar-refractivity contribution in [2.75, 3.05) is 14.2 Å². The van der Waals surface area contributed by atoms with Crippen LogP contribution in [-0.2, 0) is 19.4 Å². The number of ether oxygens (including phenoxy) is 2. The van der Waals surface area contributed by atoms with E-state index in [1.807, 2.05) is 30.6 Å². The number of aryl methyl sites for hydroxylation is 1. The molecule has 0 amide bonds. The second kappa shape index (κ2) is 6.58. The van der Waals surface area contributed by atoms with E-state index in [4.69, 9.17) is 14.0 Å². The molecule has 25 heavy (non-hydrogen) atoms. The first-order valence-electron chi connectivity index (χ1n) is 8.30. The minimum absolute atomic E-state index is 0.238. The number of methoxy groups -OCH3 is 2. The lowest BCUT2D eigenvalue weighted by Gasteiger charge is -2.19. The molecule has 7 nitrogen and oxygen atoms in total. The first-order valence-corrected chi connectivity index (χ1v) is 8.30. The molecule has 1 aromatic carbocycles. The van der Waals surface area contributed by atoms with Crippen molar-refractivity contribution in [2.45, 2.75) is 31.7 Å². The second-order valence-electron chi connectivity index (χ2n) is 6.14. The van der Waals surface area contributed by atoms with Crippen LogP contribution in [0.15, 0.2) is 35.1 Å². The molecule has 1 unspecified atom stereocenters. The van der Waals surface area contributed by atoms with Crippen molar-refractivity contribution in [3.8, 4) is 11.5 Å². The summed E-state index contributed by atoms with van der Waals surface area (Å²) in [4.78, 5) is 8.99. The minimum Gasteiger partial charge on any atom is -0.493 e. The number of fused-ring (bicyclic) bond motifs is 1. The SMILES string of the molecule is COc1ccc(Cc2noc(C3CCn4ccnc4C3)n2)cc1OC. The standard InChI is InChI=1S/C18H20N4O3/c1-23-14-4-3-12(9-15(14)24-2)10-16-20-18(25-21-16)13-5-7-22-8-6-19-17(22)11-13/h3-4,6,8-9,13H,5,7,10-11H2,1-2H3. The maximum absolute atomic E-state index is 5.52. The van der Waals surface area contributed by atoms with Crippen LogP contribution in [-0.4, -0.2) is 33.9 Å². The highest BCUT2D eigenvalue weighted by Crippen LogP contribution is 2.30. The smallest absolute Gasteiger partial charge is 0.230 e. The second-order valence-corrected chi connectivity index (χ2v) is 6.14. The molecule has 0 N–H and O–H groups in total. The number of rotatable bonds is 5. The van der Waals surface area contributed by atoms with Crippen LogP contribution in [0.3, 0.4) is 0 Å². The van der Waals surface area contributed by atoms with Crippen molar-refractivity contribution in [3.63, 3.8) is 0 Å². The van der Waals surface area contributed by atoms with Gasteiger partial charge in [-0.3, -0.25) is 0 Å². The Balaban J connectivity index is 1.49. The molecule has 0 saturated heterocycles. The first-order chi connectivity index (χ1) is 12.3. The van der Waals surface area contributed by atoms with Crippen molar-refractivity contribution in [1.82, 2.24) is 19.7 Å². The molecule has 0 bridgehead atoms. The number of hydrogen-bond acceptors (Lipinski definition) is 6. The fraction of sp³-hybridized carbons (Fsp3) is 0.389. The summed E-state index contributed by atoms with van der Waals surface area (Å²) in [5.41, 5.74) is 1.05. The third-order valence-corrected chi connectivity index (χ3v) is 4.59. The lowest BCUT2D eigenvalue weighted by molar-refractivity contribution is 0.321. The summed E-state index contributed by atoms with van der Waals surface area (Å²) >= 11 is 0. The van der Waals surface area contributed by atoms with Crippen LogP contribution in [0, 0.1) is 0 Å². The average molecular weight is 340 g/mol. The normalized spacial score (nSPS) is 16.5. The van der Waals surface area contributed by atoms with Gasteiger partial charge < -0.3 is 18.6 Å². The molecule has 1 aliphatic heterocycles. The largest absolute Gasteiger partial charge is 0.493 e. The number of benzene rings is 1. The van der Waals surface area contributed by atoms with Gasteiger partial charge in [-0.15, -0.1) is 0 Å². The van der Waals surface area contributed by atoms with E-state index in [2.05, 4.69) is 19.7 Å². The van der Waals surface area contributed by atoms with Crippen LogP contribution in [0.2, 0.25) is 0 Å². The predicted molar refractivity (Wildman–Crippen MR) is 89.9 cm³/mol. The molecule has 0 radical (unpaired) electrons. The Morgan fingerprint density at radius 2 is 2.12 bits per heavy atom. The summed E-state index contributed by atoms with van der Waals surface area (Å²) in [6, 6.07) is 5.80. The molecule has 4 rings (SSSR count). The summed E-state index contributed by atoms with van der Waals surface area (Å²) in [5, 5.41) is 4.14. The van der Waals surface area contributed by atoms with Gasteiger partial charge in [0.05, 0.1) is 14.2 Å². The Bertz CT molecular complexity index is 871. The molecule has 0 fully saturated rings. The van der Waals surface area contributed by atoms with Gasteiger partial charge in [0.15, 0.2) is 17.3 Å². The molecule has 1 atom stereocenters. The quantitative estimate of drug-likeness (QED) is 0.711. The van der Waals surface area contributed by atoms with Crippen molar-refractivity contribution in [3.05, 3.63) is 53.7 Å². The molecule has 7 heteroatoms. The van der Waals surface area contributed by atoms with Crippen LogP contribution in [0.25, 0.3) is 0 Å². The fourth-order valence-electron chi connectivity index (χ4n) is 3.24. The maximum Gasteiger partial charge on any atom is 0.230 e. The first kappa shape index (κ1) is 15.7. The predicted octanol–water partition coefficient (Wildman–Crippen LogP) is 2.60. The molecule has 3 heterocycles. The van der Waals surface area contributed by atoms with E-state index in [9.17, 15) is 0 Å². The van der Waals surface area contributed by atoms with Crippen LogP contribution >= 0.6 is 0 Å². The topological polar surface area (TPSA) is 75.2 Å². The van der Waals surface area contributed by atoms with Crippen LogP contribution in [0.4, 0.5) is 0 Å². The van der Waals surface area contributed by atoms with Gasteiger partial charge in [0.2, 0.25) is 5.89 Å². The number of imidazole rings is 1. The molecule has 0 spiro atoms. The monoisotopic (exact) mass is 340 g/mol. The van der Waals surface area contributed by atoms with E-state index in [-0.39, 0.29) is 5.92 Å². The summed E-state index contributed by atoms with van der Waals surface area (Å²) in [6.45, 7) is 0.938. The van der Waals surface area contributed by atoms with Crippen LogP contribution < -0.4 is 9.47 Å². The van der Waals surface area contributed by atoms with E-state index < -0.39 is 0 Å². The summed E-state index contributed by atoms with van der Waals surface area (Å²) in [5.74, 6) is 4.10. The van der Waals surface area contributed by atoms with Gasteiger partial charge in [-0.1, -0.05) is 11.2 Å². The zero-order chi connectivity index (χ0) is 17.2. The zero-order valence-corrected chi connectivity index (χ0v) is 14.3. The zero-order valence-electron chi connectivity index (χ0n) is 14.3. The van der Waals surface area contributed by atoms with E-state index in [1.54, 1.807) is 14.2 Å². The fourth-order valence-corrected chi connectivity index (χ4v) is 3.24. The molecule has 3 aromatic rings. The highest BCUT2D eigenvalue weighted by molar-refractivity contribution is 5.43. The molecular weight excluding hydrogens is 320 g/mol. The maximum atomic E-state index is 5.52. The Hall–Kier alpha value is -2.83. The van der Waals surface area contributed by atoms with Gasteiger partial charge >= 0.3 is 0 Å². The van der Waals surface area contributed by atoms with Crippen molar-refractivity contribution in [2.24, 2.45) is 0 Å². The highest BCUT2D eigenvalue weighted by Gasteiger charge is 2.25. The van der Waals surface area contributed by atoms with E-state index in [1.165, 1.54) is 0 Å². The summed E-state index contributed by atoms with van der Waals surface area (Å²) < 4.78 is 18.3. The van der Waals surface area contributed by atoms with Crippen LogP contribution in [0.5, 0.6) is 11.5 Å². The van der Waals surface area contributed by atoms with Gasteiger partial charge in [-0.2, -0.15) is 4.98 Å². The Morgan fingerprint density at radius 3 is 2.96 bits per heavy atom. The van der Waals surface area contributed by atoms with Gasteiger partial charge in [0.25, 0.3) is 0 Å². The Labute approximate surface area is 145 Å². The summed E-state index contributed by atoms with van der Waals surface area (Å²) in [6.07, 6.45) is 6.27. The molecule has 2 aromatic heterocycles. The molecular formula is C18H20N4O3. The third-order valence-electron chi connectivity index (χ3n) is 4.59. The number of aromatic nitrogens is 4. The molecule has 0 aliphatic carbocycles. The highest BCUT2D eigenvalue weighted by atomic mass is 16.5. The lowest BCUT2D eigenvalue weighted by atomic mass is 9.98. The van der Waals surface area contributed by atoms with Crippen molar-refractivity contribution in [1.29, 1.82) is 0 Å². The van der Waals surface area contributed by atoms with Crippen LogP contribution in [0.1, 0.15) is 35.4 Å². The minimum atomic E-state index is 0.238. The van der Waals surface area contributed by atoms with Crippen molar-refractivity contribution >= 4 is 0 Å². The molecule has 1 aliphatic rings. The summed E-state index contributed by atoms with van der Waals surface area (Å²) in [7, 11) is 3.25. The van der Waals surface area contributed by atoms with Gasteiger partial charge in [-0.25, -0.2) is 4.98 Å². The van der Waals surface area contributed by atoms with Gasteiger partial charge in [-0.05, 0) is 24.1 Å². The number of nitrogens with zero attached hydrogens (tertiary/aromatic N) is 4. The third kappa shape index (κ3) is 3.09.